The van der Waals surface area contributed by atoms with E-state index in [9.17, 15) is 14.7 Å². The molecular formula is C29H40N2O4. The Morgan fingerprint density at radius 3 is 2.40 bits per heavy atom. The quantitative estimate of drug-likeness (QED) is 0.384. The summed E-state index contributed by atoms with van der Waals surface area (Å²) in [5, 5.41) is 17.0. The molecule has 1 atom stereocenters. The van der Waals surface area contributed by atoms with E-state index in [2.05, 4.69) is 38.2 Å². The van der Waals surface area contributed by atoms with Crippen molar-refractivity contribution in [1.29, 1.82) is 0 Å². The lowest BCUT2D eigenvalue weighted by atomic mass is 9.57. The minimum absolute atomic E-state index is 0.0684. The maximum absolute atomic E-state index is 13.0. The molecule has 2 aliphatic rings. The number of anilines is 1. The molecule has 2 N–H and O–H groups in total. The van der Waals surface area contributed by atoms with Crippen molar-refractivity contribution in [2.24, 2.45) is 17.3 Å². The van der Waals surface area contributed by atoms with Crippen molar-refractivity contribution in [3.05, 3.63) is 46.3 Å². The van der Waals surface area contributed by atoms with Crippen LogP contribution < -0.4 is 5.32 Å². The zero-order valence-corrected chi connectivity index (χ0v) is 22.0. The zero-order chi connectivity index (χ0) is 25.5. The van der Waals surface area contributed by atoms with E-state index >= 15 is 0 Å². The number of carbonyl (C=O) groups is 2. The Balaban J connectivity index is 1.53. The number of carboxylic acid groups (broad SMARTS) is 1. The smallest absolute Gasteiger partial charge is 0.304 e. The molecule has 1 amide bonds. The van der Waals surface area contributed by atoms with E-state index in [0.717, 1.165) is 53.8 Å². The summed E-state index contributed by atoms with van der Waals surface area (Å²) >= 11 is 0. The van der Waals surface area contributed by atoms with Gasteiger partial charge in [-0.2, -0.15) is 0 Å². The minimum atomic E-state index is -0.928. The molecule has 2 aromatic rings. The second kappa shape index (κ2) is 9.79. The normalized spacial score (nSPS) is 21.0. The molecule has 2 fully saturated rings. The fraction of sp³-hybridized carbons (Fsp3) is 0.621. The number of nitrogens with zero attached hydrogens (tertiary/aromatic N) is 1. The fourth-order valence-corrected chi connectivity index (χ4v) is 5.46. The molecule has 35 heavy (non-hydrogen) atoms. The Kier molecular flexibility index (Phi) is 7.12. The van der Waals surface area contributed by atoms with Crippen LogP contribution >= 0.6 is 0 Å². The monoisotopic (exact) mass is 480 g/mol. The first-order chi connectivity index (χ1) is 16.5. The number of carboxylic acids is 1. The molecule has 0 aliphatic heterocycles. The molecular weight excluding hydrogens is 440 g/mol. The van der Waals surface area contributed by atoms with Crippen molar-refractivity contribution in [3.8, 4) is 0 Å². The summed E-state index contributed by atoms with van der Waals surface area (Å²) in [5.41, 5.74) is 4.93. The van der Waals surface area contributed by atoms with Crippen LogP contribution in [0.5, 0.6) is 0 Å². The molecule has 0 saturated heterocycles. The predicted octanol–water partition coefficient (Wildman–Crippen LogP) is 6.93. The van der Waals surface area contributed by atoms with Crippen LogP contribution in [-0.4, -0.2) is 22.1 Å². The molecule has 0 spiro atoms. The number of amides is 1. The van der Waals surface area contributed by atoms with E-state index in [0.29, 0.717) is 29.4 Å². The van der Waals surface area contributed by atoms with Gasteiger partial charge in [0.15, 0.2) is 0 Å². The molecule has 190 valence electrons. The number of benzene rings is 1. The maximum Gasteiger partial charge on any atom is 0.304 e. The van der Waals surface area contributed by atoms with E-state index in [4.69, 9.17) is 4.52 Å². The van der Waals surface area contributed by atoms with Crippen LogP contribution in [0.15, 0.2) is 22.7 Å². The number of hydrogen-bond acceptors (Lipinski definition) is 4. The number of aryl methyl sites for hydroxylation is 2. The van der Waals surface area contributed by atoms with Crippen molar-refractivity contribution in [3.63, 3.8) is 0 Å². The number of carbonyl (C=O) groups excluding carboxylic acids is 1. The van der Waals surface area contributed by atoms with E-state index in [1.165, 1.54) is 0 Å². The van der Waals surface area contributed by atoms with Gasteiger partial charge in [-0.25, -0.2) is 0 Å². The molecule has 1 heterocycles. The second-order valence-electron chi connectivity index (χ2n) is 11.8. The number of aliphatic carboxylic acids is 1. The van der Waals surface area contributed by atoms with Crippen molar-refractivity contribution >= 4 is 17.6 Å². The molecule has 6 heteroatoms. The Labute approximate surface area is 208 Å². The number of nitrogens with one attached hydrogen (secondary N) is 1. The number of aromatic nitrogens is 1. The highest BCUT2D eigenvalue weighted by Crippen LogP contribution is 2.56. The Morgan fingerprint density at radius 2 is 1.83 bits per heavy atom. The van der Waals surface area contributed by atoms with Crippen molar-refractivity contribution < 1.29 is 19.2 Å². The Morgan fingerprint density at radius 1 is 1.14 bits per heavy atom. The first kappa shape index (κ1) is 25.5. The van der Waals surface area contributed by atoms with E-state index in [1.807, 2.05) is 32.0 Å². The first-order valence-electron chi connectivity index (χ1n) is 13.1. The molecule has 0 bridgehead atoms. The number of rotatable bonds is 10. The first-order valence-corrected chi connectivity index (χ1v) is 13.1. The molecule has 0 radical (unpaired) electrons. The van der Waals surface area contributed by atoms with Gasteiger partial charge in [-0.3, -0.25) is 9.59 Å². The summed E-state index contributed by atoms with van der Waals surface area (Å²) in [6, 6.07) is 5.87. The van der Waals surface area contributed by atoms with E-state index < -0.39 is 11.9 Å². The van der Waals surface area contributed by atoms with Gasteiger partial charge in [-0.15, -0.1) is 0 Å². The lowest BCUT2D eigenvalue weighted by Crippen LogP contribution is -2.38. The van der Waals surface area contributed by atoms with Gasteiger partial charge in [0.05, 0.1) is 12.1 Å². The lowest BCUT2D eigenvalue weighted by molar-refractivity contribution is -0.137. The predicted molar refractivity (Wildman–Crippen MR) is 137 cm³/mol. The van der Waals surface area contributed by atoms with Crippen molar-refractivity contribution in [2.45, 2.75) is 97.8 Å². The van der Waals surface area contributed by atoms with Gasteiger partial charge < -0.3 is 14.9 Å². The molecule has 4 rings (SSSR count). The van der Waals surface area contributed by atoms with Gasteiger partial charge in [-0.05, 0) is 74.3 Å². The van der Waals surface area contributed by atoms with Gasteiger partial charge in [0.25, 0.3) is 0 Å². The summed E-state index contributed by atoms with van der Waals surface area (Å²) in [6.07, 6.45) is 4.23. The van der Waals surface area contributed by atoms with Crippen molar-refractivity contribution in [2.75, 3.05) is 5.32 Å². The van der Waals surface area contributed by atoms with Crippen LogP contribution in [0.1, 0.15) is 112 Å². The topological polar surface area (TPSA) is 92.4 Å². The molecule has 1 aromatic heterocycles. The van der Waals surface area contributed by atoms with Crippen molar-refractivity contribution in [1.82, 2.24) is 5.16 Å². The van der Waals surface area contributed by atoms with Gasteiger partial charge in [0, 0.05) is 29.5 Å². The van der Waals surface area contributed by atoms with Gasteiger partial charge >= 0.3 is 5.97 Å². The third-order valence-corrected chi connectivity index (χ3v) is 8.71. The fourth-order valence-electron chi connectivity index (χ4n) is 5.46. The van der Waals surface area contributed by atoms with Crippen LogP contribution in [0, 0.1) is 31.1 Å². The zero-order valence-electron chi connectivity index (χ0n) is 22.0. The summed E-state index contributed by atoms with van der Waals surface area (Å²) in [6.45, 7) is 13.2. The molecule has 2 saturated carbocycles. The number of hydrogen-bond donors (Lipinski definition) is 2. The highest BCUT2D eigenvalue weighted by Gasteiger charge is 2.46. The summed E-state index contributed by atoms with van der Waals surface area (Å²) < 4.78 is 5.94. The lowest BCUT2D eigenvalue weighted by Gasteiger charge is -2.47. The Bertz CT molecular complexity index is 1090. The van der Waals surface area contributed by atoms with Crippen LogP contribution in [0.25, 0.3) is 0 Å². The van der Waals surface area contributed by atoms with Gasteiger partial charge in [-0.1, -0.05) is 50.5 Å². The van der Waals surface area contributed by atoms with E-state index in [1.54, 1.807) is 0 Å². The van der Waals surface area contributed by atoms with Gasteiger partial charge in [0.2, 0.25) is 5.91 Å². The SMILES string of the molecule is Cc1ccc(NC(=O)CC(CC(=O)O)c2noc(C3CC(C(C)(C)C(C)C)C3)c2C2CC2)c(C)c1. The largest absolute Gasteiger partial charge is 0.481 e. The average molecular weight is 481 g/mol. The molecule has 1 aromatic carbocycles. The third-order valence-electron chi connectivity index (χ3n) is 8.71. The van der Waals surface area contributed by atoms with Crippen LogP contribution in [0.4, 0.5) is 5.69 Å². The van der Waals surface area contributed by atoms with E-state index in [-0.39, 0.29) is 24.2 Å². The molecule has 1 unspecified atom stereocenters. The summed E-state index contributed by atoms with van der Waals surface area (Å²) in [5.74, 6) is 1.29. The third kappa shape index (κ3) is 5.46. The second-order valence-corrected chi connectivity index (χ2v) is 11.8. The highest BCUT2D eigenvalue weighted by molar-refractivity contribution is 5.92. The average Bonchev–Trinajstić information content (AvgIpc) is 3.47. The molecule has 2 aliphatic carbocycles. The van der Waals surface area contributed by atoms with Crippen LogP contribution in [0.2, 0.25) is 0 Å². The standard InChI is InChI=1S/C29H40N2O4/c1-16(2)29(5,6)22-12-21(13-22)28-26(19-8-9-19)27(31-35-28)20(15-25(33)34)14-24(32)30-23-10-7-17(3)11-18(23)4/h7,10-11,16,19-22H,8-9,12-15H2,1-6H3,(H,30,32)(H,33,34). The minimum Gasteiger partial charge on any atom is -0.481 e. The molecule has 6 nitrogen and oxygen atoms in total. The highest BCUT2D eigenvalue weighted by atomic mass is 16.5. The maximum atomic E-state index is 13.0. The summed E-state index contributed by atoms with van der Waals surface area (Å²) in [4.78, 5) is 24.7. The van der Waals surface area contributed by atoms with Crippen LogP contribution in [0.3, 0.4) is 0 Å². The van der Waals surface area contributed by atoms with Gasteiger partial charge in [0.1, 0.15) is 5.76 Å². The summed E-state index contributed by atoms with van der Waals surface area (Å²) in [7, 11) is 0. The van der Waals surface area contributed by atoms with Crippen LogP contribution in [-0.2, 0) is 9.59 Å². The Hall–Kier alpha value is -2.63.